The maximum atomic E-state index is 5.59. The molecule has 0 aromatic heterocycles. The predicted octanol–water partition coefficient (Wildman–Crippen LogP) is 1.41. The Morgan fingerprint density at radius 2 is 2.18 bits per heavy atom. The molecular weight excluding hydrogens is 138 g/mol. The maximum absolute atomic E-state index is 5.59. The number of hydrogen-bond donors (Lipinski definition) is 1. The SMILES string of the molecule is CC(C)(C)C[C@H]1CNCCO1. The van der Waals surface area contributed by atoms with Gasteiger partial charge in [0.15, 0.2) is 0 Å². The smallest absolute Gasteiger partial charge is 0.0705 e. The Bertz CT molecular complexity index is 111. The van der Waals surface area contributed by atoms with Gasteiger partial charge in [0, 0.05) is 13.1 Å². The van der Waals surface area contributed by atoms with E-state index in [0.717, 1.165) is 26.1 Å². The summed E-state index contributed by atoms with van der Waals surface area (Å²) in [5.74, 6) is 0. The van der Waals surface area contributed by atoms with Crippen LogP contribution in [0.2, 0.25) is 0 Å². The van der Waals surface area contributed by atoms with Gasteiger partial charge in [0.25, 0.3) is 0 Å². The van der Waals surface area contributed by atoms with Crippen molar-refractivity contribution in [3.8, 4) is 0 Å². The Balaban J connectivity index is 2.24. The molecule has 0 amide bonds. The first-order valence-corrected chi connectivity index (χ1v) is 4.40. The Labute approximate surface area is 69.3 Å². The zero-order valence-corrected chi connectivity index (χ0v) is 7.81. The molecule has 1 aliphatic heterocycles. The van der Waals surface area contributed by atoms with Gasteiger partial charge in [-0.25, -0.2) is 0 Å². The Hall–Kier alpha value is -0.0800. The molecule has 1 heterocycles. The van der Waals surface area contributed by atoms with Crippen LogP contribution in [0.3, 0.4) is 0 Å². The summed E-state index contributed by atoms with van der Waals surface area (Å²) in [5.41, 5.74) is 0.393. The van der Waals surface area contributed by atoms with Crippen LogP contribution in [0.1, 0.15) is 27.2 Å². The summed E-state index contributed by atoms with van der Waals surface area (Å²) in [6, 6.07) is 0. The second kappa shape index (κ2) is 3.55. The first-order valence-electron chi connectivity index (χ1n) is 4.40. The van der Waals surface area contributed by atoms with Crippen LogP contribution in [0.4, 0.5) is 0 Å². The molecule has 1 N–H and O–H groups in total. The van der Waals surface area contributed by atoms with Gasteiger partial charge in [0.2, 0.25) is 0 Å². The molecule has 0 saturated carbocycles. The van der Waals surface area contributed by atoms with Crippen molar-refractivity contribution >= 4 is 0 Å². The fraction of sp³-hybridized carbons (Fsp3) is 1.00. The molecule has 2 heteroatoms. The Morgan fingerprint density at radius 1 is 1.45 bits per heavy atom. The second-order valence-electron chi connectivity index (χ2n) is 4.46. The van der Waals surface area contributed by atoms with Crippen molar-refractivity contribution in [1.82, 2.24) is 5.32 Å². The molecule has 0 aliphatic carbocycles. The number of nitrogens with one attached hydrogen (secondary N) is 1. The third-order valence-electron chi connectivity index (χ3n) is 1.84. The summed E-state index contributed by atoms with van der Waals surface area (Å²) in [7, 11) is 0. The average Bonchev–Trinajstić information content (AvgIpc) is 1.85. The van der Waals surface area contributed by atoms with Gasteiger partial charge in [0.1, 0.15) is 0 Å². The molecule has 1 saturated heterocycles. The zero-order valence-electron chi connectivity index (χ0n) is 7.81. The first-order chi connectivity index (χ1) is 5.08. The highest BCUT2D eigenvalue weighted by molar-refractivity contribution is 4.73. The highest BCUT2D eigenvalue weighted by atomic mass is 16.5. The van der Waals surface area contributed by atoms with Gasteiger partial charge in [0.05, 0.1) is 12.7 Å². The quantitative estimate of drug-likeness (QED) is 0.621. The lowest BCUT2D eigenvalue weighted by molar-refractivity contribution is 0.00461. The third kappa shape index (κ3) is 3.73. The lowest BCUT2D eigenvalue weighted by Crippen LogP contribution is -2.40. The number of rotatable bonds is 1. The van der Waals surface area contributed by atoms with Gasteiger partial charge in [-0.1, -0.05) is 20.8 Å². The topological polar surface area (TPSA) is 21.3 Å². The minimum absolute atomic E-state index is 0.393. The standard InChI is InChI=1S/C9H19NO/c1-9(2,3)6-8-7-10-4-5-11-8/h8,10H,4-7H2,1-3H3/t8-/m0/s1. The summed E-state index contributed by atoms with van der Waals surface area (Å²) in [4.78, 5) is 0. The molecule has 1 rings (SSSR count). The molecule has 2 nitrogen and oxygen atoms in total. The summed E-state index contributed by atoms with van der Waals surface area (Å²) < 4.78 is 5.59. The van der Waals surface area contributed by atoms with E-state index in [1.165, 1.54) is 0 Å². The molecule has 1 atom stereocenters. The molecule has 0 unspecified atom stereocenters. The minimum Gasteiger partial charge on any atom is -0.376 e. The summed E-state index contributed by atoms with van der Waals surface area (Å²) in [6.45, 7) is 9.68. The molecule has 11 heavy (non-hydrogen) atoms. The summed E-state index contributed by atoms with van der Waals surface area (Å²) in [6.07, 6.45) is 1.59. The molecule has 0 aromatic rings. The van der Waals surface area contributed by atoms with Crippen LogP contribution in [-0.4, -0.2) is 25.8 Å². The van der Waals surface area contributed by atoms with Crippen LogP contribution in [0.5, 0.6) is 0 Å². The van der Waals surface area contributed by atoms with Gasteiger partial charge >= 0.3 is 0 Å². The van der Waals surface area contributed by atoms with Crippen LogP contribution in [0.15, 0.2) is 0 Å². The molecule has 0 spiro atoms. The van der Waals surface area contributed by atoms with Crippen molar-refractivity contribution in [2.24, 2.45) is 5.41 Å². The van der Waals surface area contributed by atoms with Crippen LogP contribution < -0.4 is 5.32 Å². The summed E-state index contributed by atoms with van der Waals surface area (Å²) >= 11 is 0. The second-order valence-corrected chi connectivity index (χ2v) is 4.46. The molecule has 66 valence electrons. The van der Waals surface area contributed by atoms with Crippen LogP contribution >= 0.6 is 0 Å². The van der Waals surface area contributed by atoms with E-state index in [1.54, 1.807) is 0 Å². The van der Waals surface area contributed by atoms with E-state index in [-0.39, 0.29) is 0 Å². The van der Waals surface area contributed by atoms with Crippen LogP contribution in [0, 0.1) is 5.41 Å². The largest absolute Gasteiger partial charge is 0.376 e. The molecule has 0 radical (unpaired) electrons. The normalized spacial score (nSPS) is 27.0. The number of morpholine rings is 1. The van der Waals surface area contributed by atoms with Crippen molar-refractivity contribution < 1.29 is 4.74 Å². The van der Waals surface area contributed by atoms with E-state index in [0.29, 0.717) is 11.5 Å². The van der Waals surface area contributed by atoms with E-state index in [4.69, 9.17) is 4.74 Å². The van der Waals surface area contributed by atoms with Gasteiger partial charge in [-0.05, 0) is 11.8 Å². The molecule has 0 bridgehead atoms. The zero-order chi connectivity index (χ0) is 8.32. The van der Waals surface area contributed by atoms with Crippen molar-refractivity contribution in [3.05, 3.63) is 0 Å². The highest BCUT2D eigenvalue weighted by Gasteiger charge is 2.20. The van der Waals surface area contributed by atoms with Gasteiger partial charge in [-0.2, -0.15) is 0 Å². The molecule has 0 aromatic carbocycles. The Kier molecular flexibility index (Phi) is 2.90. The van der Waals surface area contributed by atoms with E-state index in [9.17, 15) is 0 Å². The highest BCUT2D eigenvalue weighted by Crippen LogP contribution is 2.22. The van der Waals surface area contributed by atoms with Crippen LogP contribution in [-0.2, 0) is 4.74 Å². The van der Waals surface area contributed by atoms with Gasteiger partial charge in [-0.15, -0.1) is 0 Å². The Morgan fingerprint density at radius 3 is 2.64 bits per heavy atom. The molecular formula is C9H19NO. The fourth-order valence-electron chi connectivity index (χ4n) is 1.43. The fourth-order valence-corrected chi connectivity index (χ4v) is 1.43. The van der Waals surface area contributed by atoms with E-state index in [2.05, 4.69) is 26.1 Å². The molecule has 1 fully saturated rings. The van der Waals surface area contributed by atoms with Crippen molar-refractivity contribution in [2.75, 3.05) is 19.7 Å². The van der Waals surface area contributed by atoms with Gasteiger partial charge < -0.3 is 10.1 Å². The predicted molar refractivity (Wildman–Crippen MR) is 46.7 cm³/mol. The lowest BCUT2D eigenvalue weighted by atomic mass is 9.89. The van der Waals surface area contributed by atoms with Crippen LogP contribution in [0.25, 0.3) is 0 Å². The number of ether oxygens (including phenoxy) is 1. The lowest BCUT2D eigenvalue weighted by Gasteiger charge is -2.29. The van der Waals surface area contributed by atoms with E-state index >= 15 is 0 Å². The number of hydrogen-bond acceptors (Lipinski definition) is 2. The maximum Gasteiger partial charge on any atom is 0.0705 e. The van der Waals surface area contributed by atoms with Gasteiger partial charge in [-0.3, -0.25) is 0 Å². The molecule has 1 aliphatic rings. The van der Waals surface area contributed by atoms with E-state index in [1.807, 2.05) is 0 Å². The van der Waals surface area contributed by atoms with Crippen molar-refractivity contribution in [1.29, 1.82) is 0 Å². The van der Waals surface area contributed by atoms with Crippen molar-refractivity contribution in [3.63, 3.8) is 0 Å². The average molecular weight is 157 g/mol. The monoisotopic (exact) mass is 157 g/mol. The van der Waals surface area contributed by atoms with E-state index < -0.39 is 0 Å². The third-order valence-corrected chi connectivity index (χ3v) is 1.84. The summed E-state index contributed by atoms with van der Waals surface area (Å²) in [5, 5.41) is 3.33. The van der Waals surface area contributed by atoms with Crippen molar-refractivity contribution in [2.45, 2.75) is 33.3 Å². The minimum atomic E-state index is 0.393. The first kappa shape index (κ1) is 9.01.